The number of nitrogens with two attached hydrogens (primary N) is 1. The molecule has 0 aliphatic carbocycles. The van der Waals surface area contributed by atoms with Gasteiger partial charge in [0.25, 0.3) is 0 Å². The van der Waals surface area contributed by atoms with Crippen molar-refractivity contribution in [2.45, 2.75) is 13.2 Å². The Hall–Kier alpha value is -0.830. The standard InChI is InChI=1S/C11H15NO.ClH/c1-2-7-13-9-11-6-4-3-5-10(11)8-12;/h2-6H,1,7-9,12H2;1H. The normalized spacial score (nSPS) is 9.21. The quantitative estimate of drug-likeness (QED) is 0.602. The fourth-order valence-corrected chi connectivity index (χ4v) is 1.15. The van der Waals surface area contributed by atoms with Gasteiger partial charge in [-0.15, -0.1) is 19.0 Å². The number of benzene rings is 1. The second-order valence-corrected chi connectivity index (χ2v) is 2.78. The molecule has 1 aromatic rings. The molecule has 0 radical (unpaired) electrons. The lowest BCUT2D eigenvalue weighted by molar-refractivity contribution is 0.148. The van der Waals surface area contributed by atoms with Gasteiger partial charge in [0.1, 0.15) is 0 Å². The molecule has 0 spiro atoms. The molecule has 1 rings (SSSR count). The predicted molar refractivity (Wildman–Crippen MR) is 61.4 cm³/mol. The van der Waals surface area contributed by atoms with Crippen LogP contribution in [0.4, 0.5) is 0 Å². The van der Waals surface area contributed by atoms with Crippen LogP contribution in [0.2, 0.25) is 0 Å². The van der Waals surface area contributed by atoms with Crippen LogP contribution in [0.3, 0.4) is 0 Å². The van der Waals surface area contributed by atoms with Crippen molar-refractivity contribution in [1.29, 1.82) is 0 Å². The Labute approximate surface area is 91.2 Å². The highest BCUT2D eigenvalue weighted by atomic mass is 35.5. The molecule has 0 aliphatic rings. The summed E-state index contributed by atoms with van der Waals surface area (Å²) in [7, 11) is 0. The van der Waals surface area contributed by atoms with Gasteiger partial charge in [-0.2, -0.15) is 0 Å². The third kappa shape index (κ3) is 3.92. The van der Waals surface area contributed by atoms with E-state index in [1.807, 2.05) is 24.3 Å². The molecule has 14 heavy (non-hydrogen) atoms. The number of hydrogen-bond donors (Lipinski definition) is 1. The monoisotopic (exact) mass is 213 g/mol. The molecule has 0 aromatic heterocycles. The van der Waals surface area contributed by atoms with Crippen LogP contribution in [0.1, 0.15) is 11.1 Å². The summed E-state index contributed by atoms with van der Waals surface area (Å²) in [4.78, 5) is 0. The molecule has 2 N–H and O–H groups in total. The Morgan fingerprint density at radius 1 is 1.29 bits per heavy atom. The van der Waals surface area contributed by atoms with Crippen molar-refractivity contribution in [3.63, 3.8) is 0 Å². The molecule has 0 fully saturated rings. The van der Waals surface area contributed by atoms with Gasteiger partial charge in [-0.3, -0.25) is 0 Å². The Bertz CT molecular complexity index is 276. The molecule has 0 bridgehead atoms. The molecule has 0 heterocycles. The number of hydrogen-bond acceptors (Lipinski definition) is 2. The zero-order valence-corrected chi connectivity index (χ0v) is 8.93. The average molecular weight is 214 g/mol. The van der Waals surface area contributed by atoms with E-state index in [9.17, 15) is 0 Å². The Balaban J connectivity index is 0.00000169. The summed E-state index contributed by atoms with van der Waals surface area (Å²) in [6.45, 7) is 5.34. The van der Waals surface area contributed by atoms with E-state index < -0.39 is 0 Å². The molecule has 0 aliphatic heterocycles. The lowest BCUT2D eigenvalue weighted by Crippen LogP contribution is -2.02. The van der Waals surface area contributed by atoms with Gasteiger partial charge >= 0.3 is 0 Å². The van der Waals surface area contributed by atoms with Crippen LogP contribution in [0, 0.1) is 0 Å². The summed E-state index contributed by atoms with van der Waals surface area (Å²) in [6.07, 6.45) is 1.74. The second kappa shape index (κ2) is 7.56. The first-order valence-corrected chi connectivity index (χ1v) is 4.34. The molecule has 78 valence electrons. The Morgan fingerprint density at radius 2 is 1.93 bits per heavy atom. The van der Waals surface area contributed by atoms with Crippen LogP contribution in [0.15, 0.2) is 36.9 Å². The molecular formula is C11H16ClNO. The third-order valence-corrected chi connectivity index (χ3v) is 1.83. The highest BCUT2D eigenvalue weighted by Gasteiger charge is 1.98. The van der Waals surface area contributed by atoms with Crippen LogP contribution in [-0.2, 0) is 17.9 Å². The van der Waals surface area contributed by atoms with Gasteiger partial charge in [0, 0.05) is 6.54 Å². The van der Waals surface area contributed by atoms with Crippen LogP contribution < -0.4 is 5.73 Å². The van der Waals surface area contributed by atoms with Crippen molar-refractivity contribution in [3.05, 3.63) is 48.0 Å². The van der Waals surface area contributed by atoms with E-state index in [4.69, 9.17) is 10.5 Å². The molecule has 0 saturated carbocycles. The smallest absolute Gasteiger partial charge is 0.0724 e. The van der Waals surface area contributed by atoms with Crippen LogP contribution in [0.25, 0.3) is 0 Å². The first-order chi connectivity index (χ1) is 6.38. The summed E-state index contributed by atoms with van der Waals surface area (Å²) in [5, 5.41) is 0. The topological polar surface area (TPSA) is 35.2 Å². The SMILES string of the molecule is C=CCOCc1ccccc1CN.Cl. The highest BCUT2D eigenvalue weighted by Crippen LogP contribution is 2.08. The van der Waals surface area contributed by atoms with Crippen LogP contribution >= 0.6 is 12.4 Å². The third-order valence-electron chi connectivity index (χ3n) is 1.83. The van der Waals surface area contributed by atoms with Gasteiger partial charge in [0.05, 0.1) is 13.2 Å². The predicted octanol–water partition coefficient (Wildman–Crippen LogP) is 2.27. The van der Waals surface area contributed by atoms with Gasteiger partial charge in [0.2, 0.25) is 0 Å². The van der Waals surface area contributed by atoms with Gasteiger partial charge in [-0.05, 0) is 11.1 Å². The molecule has 0 saturated heterocycles. The van der Waals surface area contributed by atoms with Gasteiger partial charge in [-0.1, -0.05) is 30.3 Å². The van der Waals surface area contributed by atoms with E-state index in [-0.39, 0.29) is 12.4 Å². The number of rotatable bonds is 5. The van der Waals surface area contributed by atoms with Crippen molar-refractivity contribution in [2.24, 2.45) is 5.73 Å². The Kier molecular flexibility index (Phi) is 7.11. The molecule has 1 aromatic carbocycles. The van der Waals surface area contributed by atoms with E-state index in [1.165, 1.54) is 0 Å². The van der Waals surface area contributed by atoms with Crippen molar-refractivity contribution < 1.29 is 4.74 Å². The summed E-state index contributed by atoms with van der Waals surface area (Å²) < 4.78 is 5.34. The minimum atomic E-state index is 0. The molecule has 2 nitrogen and oxygen atoms in total. The van der Waals surface area contributed by atoms with E-state index in [0.29, 0.717) is 19.8 Å². The molecule has 0 unspecified atom stereocenters. The molecule has 0 amide bonds. The summed E-state index contributed by atoms with van der Waals surface area (Å²) in [5.41, 5.74) is 7.88. The average Bonchev–Trinajstić information content (AvgIpc) is 2.19. The van der Waals surface area contributed by atoms with Gasteiger partial charge in [0.15, 0.2) is 0 Å². The number of halogens is 1. The van der Waals surface area contributed by atoms with E-state index in [0.717, 1.165) is 11.1 Å². The van der Waals surface area contributed by atoms with Crippen molar-refractivity contribution in [1.82, 2.24) is 0 Å². The van der Waals surface area contributed by atoms with Gasteiger partial charge in [-0.25, -0.2) is 0 Å². The second-order valence-electron chi connectivity index (χ2n) is 2.78. The molecule has 0 atom stereocenters. The van der Waals surface area contributed by atoms with Crippen molar-refractivity contribution in [2.75, 3.05) is 6.61 Å². The zero-order valence-electron chi connectivity index (χ0n) is 8.11. The Morgan fingerprint density at radius 3 is 2.50 bits per heavy atom. The van der Waals surface area contributed by atoms with Crippen molar-refractivity contribution in [3.8, 4) is 0 Å². The zero-order chi connectivity index (χ0) is 9.52. The summed E-state index contributed by atoms with van der Waals surface area (Å²) in [5.74, 6) is 0. The minimum Gasteiger partial charge on any atom is -0.373 e. The summed E-state index contributed by atoms with van der Waals surface area (Å²) >= 11 is 0. The first-order valence-electron chi connectivity index (χ1n) is 4.34. The summed E-state index contributed by atoms with van der Waals surface area (Å²) in [6, 6.07) is 8.03. The fourth-order valence-electron chi connectivity index (χ4n) is 1.15. The van der Waals surface area contributed by atoms with E-state index >= 15 is 0 Å². The van der Waals surface area contributed by atoms with E-state index in [1.54, 1.807) is 6.08 Å². The largest absolute Gasteiger partial charge is 0.373 e. The van der Waals surface area contributed by atoms with Crippen LogP contribution in [0.5, 0.6) is 0 Å². The maximum atomic E-state index is 5.58. The number of ether oxygens (including phenoxy) is 1. The minimum absolute atomic E-state index is 0. The molecule has 3 heteroatoms. The highest BCUT2D eigenvalue weighted by molar-refractivity contribution is 5.85. The van der Waals surface area contributed by atoms with Crippen LogP contribution in [-0.4, -0.2) is 6.61 Å². The first kappa shape index (κ1) is 13.2. The van der Waals surface area contributed by atoms with Crippen molar-refractivity contribution >= 4 is 12.4 Å². The maximum absolute atomic E-state index is 5.58. The maximum Gasteiger partial charge on any atom is 0.0724 e. The molecular weight excluding hydrogens is 198 g/mol. The fraction of sp³-hybridized carbons (Fsp3) is 0.273. The lowest BCUT2D eigenvalue weighted by atomic mass is 10.1. The van der Waals surface area contributed by atoms with E-state index in [2.05, 4.69) is 6.58 Å². The lowest BCUT2D eigenvalue weighted by Gasteiger charge is -2.06. The van der Waals surface area contributed by atoms with Gasteiger partial charge < -0.3 is 10.5 Å².